The van der Waals surface area contributed by atoms with Gasteiger partial charge in [-0.2, -0.15) is 0 Å². The molecule has 0 bridgehead atoms. The molecule has 0 heterocycles. The number of carbonyl (C=O) groups is 2. The Kier molecular flexibility index (Phi) is 7.87. The van der Waals surface area contributed by atoms with Gasteiger partial charge in [0.2, 0.25) is 0 Å². The van der Waals surface area contributed by atoms with Crippen LogP contribution in [0.15, 0.2) is 60.7 Å². The molecule has 2 rings (SSSR count). The van der Waals surface area contributed by atoms with Gasteiger partial charge in [-0.1, -0.05) is 60.7 Å². The summed E-state index contributed by atoms with van der Waals surface area (Å²) in [5.74, 6) is -0.486. The normalized spacial score (nSPS) is 12.8. The van der Waals surface area contributed by atoms with Gasteiger partial charge in [-0.25, -0.2) is 0 Å². The molecular formula is C22H26O4. The summed E-state index contributed by atoms with van der Waals surface area (Å²) in [5, 5.41) is 0. The lowest BCUT2D eigenvalue weighted by atomic mass is 10.1. The minimum absolute atomic E-state index is 0.243. The van der Waals surface area contributed by atoms with Crippen LogP contribution in [0.4, 0.5) is 0 Å². The summed E-state index contributed by atoms with van der Waals surface area (Å²) < 4.78 is 10.8. The third-order valence-electron chi connectivity index (χ3n) is 4.17. The van der Waals surface area contributed by atoms with E-state index in [1.807, 2.05) is 74.5 Å². The van der Waals surface area contributed by atoms with Crippen molar-refractivity contribution in [3.63, 3.8) is 0 Å². The summed E-state index contributed by atoms with van der Waals surface area (Å²) in [6.07, 6.45) is 1.29. The van der Waals surface area contributed by atoms with E-state index in [9.17, 15) is 9.59 Å². The minimum atomic E-state index is -0.264. The van der Waals surface area contributed by atoms with Crippen molar-refractivity contribution in [3.8, 4) is 0 Å². The second-order valence-electron chi connectivity index (χ2n) is 6.29. The maximum absolute atomic E-state index is 11.9. The van der Waals surface area contributed by atoms with Crippen molar-refractivity contribution >= 4 is 11.9 Å². The van der Waals surface area contributed by atoms with Crippen LogP contribution >= 0.6 is 0 Å². The number of hydrogen-bond acceptors (Lipinski definition) is 4. The maximum atomic E-state index is 11.9. The van der Waals surface area contributed by atoms with Crippen molar-refractivity contribution < 1.29 is 19.1 Å². The van der Waals surface area contributed by atoms with Crippen molar-refractivity contribution in [3.05, 3.63) is 71.8 Å². The van der Waals surface area contributed by atoms with Crippen molar-refractivity contribution in [1.82, 2.24) is 0 Å². The molecule has 4 heteroatoms. The van der Waals surface area contributed by atoms with E-state index in [-0.39, 0.29) is 24.1 Å². The molecule has 0 N–H and O–H groups in total. The van der Waals surface area contributed by atoms with E-state index in [1.165, 1.54) is 0 Å². The van der Waals surface area contributed by atoms with Gasteiger partial charge in [0.05, 0.1) is 0 Å². The Morgan fingerprint density at radius 3 is 1.38 bits per heavy atom. The monoisotopic (exact) mass is 354 g/mol. The number of carbonyl (C=O) groups excluding carboxylic acids is 2. The zero-order chi connectivity index (χ0) is 18.8. The third-order valence-corrected chi connectivity index (χ3v) is 4.17. The number of unbranched alkanes of at least 4 members (excludes halogenated alkanes) is 1. The maximum Gasteiger partial charge on any atom is 0.306 e. The summed E-state index contributed by atoms with van der Waals surface area (Å²) in [6.45, 7) is 3.71. The zero-order valence-electron chi connectivity index (χ0n) is 15.4. The first-order valence-electron chi connectivity index (χ1n) is 9.05. The molecule has 0 spiro atoms. The van der Waals surface area contributed by atoms with E-state index in [2.05, 4.69) is 0 Å². The van der Waals surface area contributed by atoms with Gasteiger partial charge in [0.1, 0.15) is 12.2 Å². The Balaban J connectivity index is 1.62. The molecule has 0 amide bonds. The first-order valence-corrected chi connectivity index (χ1v) is 9.05. The van der Waals surface area contributed by atoms with Crippen LogP contribution in [0.2, 0.25) is 0 Å². The van der Waals surface area contributed by atoms with Gasteiger partial charge in [-0.3, -0.25) is 9.59 Å². The largest absolute Gasteiger partial charge is 0.458 e. The molecular weight excluding hydrogens is 328 g/mol. The van der Waals surface area contributed by atoms with E-state index in [1.54, 1.807) is 0 Å². The Bertz CT molecular complexity index is 620. The molecule has 2 unspecified atom stereocenters. The molecule has 0 aliphatic carbocycles. The van der Waals surface area contributed by atoms with Gasteiger partial charge in [0.25, 0.3) is 0 Å². The molecule has 2 aromatic carbocycles. The second-order valence-corrected chi connectivity index (χ2v) is 6.29. The fourth-order valence-corrected chi connectivity index (χ4v) is 2.64. The number of rotatable bonds is 9. The zero-order valence-corrected chi connectivity index (χ0v) is 15.4. The molecule has 0 fully saturated rings. The molecule has 0 aliphatic rings. The molecule has 0 aromatic heterocycles. The smallest absolute Gasteiger partial charge is 0.306 e. The SMILES string of the molecule is CC(OC(=O)CCCCC(=O)OC(C)c1ccccc1)c1ccccc1. The fourth-order valence-electron chi connectivity index (χ4n) is 2.64. The summed E-state index contributed by atoms with van der Waals surface area (Å²) in [5.41, 5.74) is 1.94. The number of benzene rings is 2. The predicted molar refractivity (Wildman–Crippen MR) is 100 cm³/mol. The van der Waals surface area contributed by atoms with Crippen molar-refractivity contribution in [2.45, 2.75) is 51.7 Å². The quantitative estimate of drug-likeness (QED) is 0.461. The van der Waals surface area contributed by atoms with Crippen LogP contribution in [-0.4, -0.2) is 11.9 Å². The van der Waals surface area contributed by atoms with E-state index in [4.69, 9.17) is 9.47 Å². The number of esters is 2. The minimum Gasteiger partial charge on any atom is -0.458 e. The second kappa shape index (κ2) is 10.4. The highest BCUT2D eigenvalue weighted by atomic mass is 16.5. The van der Waals surface area contributed by atoms with Gasteiger partial charge in [-0.05, 0) is 37.8 Å². The van der Waals surface area contributed by atoms with Crippen LogP contribution in [0, 0.1) is 0 Å². The topological polar surface area (TPSA) is 52.6 Å². The number of hydrogen-bond donors (Lipinski definition) is 0. The molecule has 0 radical (unpaired) electrons. The van der Waals surface area contributed by atoms with Crippen molar-refractivity contribution in [2.24, 2.45) is 0 Å². The average Bonchev–Trinajstić information content (AvgIpc) is 2.66. The van der Waals surface area contributed by atoms with Crippen LogP contribution in [0.1, 0.15) is 62.9 Å². The van der Waals surface area contributed by atoms with Crippen LogP contribution in [0.25, 0.3) is 0 Å². The molecule has 0 saturated carbocycles. The van der Waals surface area contributed by atoms with E-state index < -0.39 is 0 Å². The molecule has 0 saturated heterocycles. The average molecular weight is 354 g/mol. The van der Waals surface area contributed by atoms with Crippen LogP contribution in [0.5, 0.6) is 0 Å². The Hall–Kier alpha value is -2.62. The summed E-state index contributed by atoms with van der Waals surface area (Å²) in [4.78, 5) is 23.8. The van der Waals surface area contributed by atoms with Gasteiger partial charge in [0, 0.05) is 12.8 Å². The molecule has 4 nitrogen and oxygen atoms in total. The fraction of sp³-hybridized carbons (Fsp3) is 0.364. The first-order chi connectivity index (χ1) is 12.6. The Morgan fingerprint density at radius 1 is 0.692 bits per heavy atom. The van der Waals surface area contributed by atoms with Crippen LogP contribution in [-0.2, 0) is 19.1 Å². The van der Waals surface area contributed by atoms with Crippen molar-refractivity contribution in [1.29, 1.82) is 0 Å². The van der Waals surface area contributed by atoms with E-state index in [0.29, 0.717) is 25.7 Å². The lowest BCUT2D eigenvalue weighted by Crippen LogP contribution is -2.10. The van der Waals surface area contributed by atoms with E-state index >= 15 is 0 Å². The van der Waals surface area contributed by atoms with Gasteiger partial charge in [-0.15, -0.1) is 0 Å². The Morgan fingerprint density at radius 2 is 1.04 bits per heavy atom. The highest BCUT2D eigenvalue weighted by molar-refractivity contribution is 5.71. The first kappa shape index (κ1) is 19.7. The third kappa shape index (κ3) is 6.71. The summed E-state index contributed by atoms with van der Waals surface area (Å²) >= 11 is 0. The lowest BCUT2D eigenvalue weighted by Gasteiger charge is -2.14. The molecule has 26 heavy (non-hydrogen) atoms. The summed E-state index contributed by atoms with van der Waals surface area (Å²) in [6, 6.07) is 19.3. The highest BCUT2D eigenvalue weighted by Crippen LogP contribution is 2.19. The van der Waals surface area contributed by atoms with Gasteiger partial charge in [0.15, 0.2) is 0 Å². The van der Waals surface area contributed by atoms with Crippen molar-refractivity contribution in [2.75, 3.05) is 0 Å². The van der Waals surface area contributed by atoms with Crippen LogP contribution < -0.4 is 0 Å². The number of ether oxygens (including phenoxy) is 2. The molecule has 0 aliphatic heterocycles. The molecule has 138 valence electrons. The Labute approximate surface area is 155 Å². The molecule has 2 atom stereocenters. The molecule has 2 aromatic rings. The summed E-state index contributed by atoms with van der Waals surface area (Å²) in [7, 11) is 0. The standard InChI is InChI=1S/C22H26O4/c1-17(19-11-5-3-6-12-19)25-21(23)15-9-10-16-22(24)26-18(2)20-13-7-4-8-14-20/h3-8,11-14,17-18H,9-10,15-16H2,1-2H3. The van der Waals surface area contributed by atoms with Gasteiger partial charge >= 0.3 is 11.9 Å². The van der Waals surface area contributed by atoms with Gasteiger partial charge < -0.3 is 9.47 Å². The van der Waals surface area contributed by atoms with Crippen LogP contribution in [0.3, 0.4) is 0 Å². The van der Waals surface area contributed by atoms with E-state index in [0.717, 1.165) is 11.1 Å². The lowest BCUT2D eigenvalue weighted by molar-refractivity contribution is -0.151. The predicted octanol–water partition coefficient (Wildman–Crippen LogP) is 5.16. The highest BCUT2D eigenvalue weighted by Gasteiger charge is 2.13.